The molecule has 2 fully saturated rings. The first-order valence-corrected chi connectivity index (χ1v) is 7.66. The minimum atomic E-state index is 0.750. The predicted octanol–water partition coefficient (Wildman–Crippen LogP) is 2.80. The number of hydrogen-bond donors (Lipinski definition) is 1. The van der Waals surface area contributed by atoms with Crippen LogP contribution in [0.2, 0.25) is 0 Å². The Morgan fingerprint density at radius 2 is 1.84 bits per heavy atom. The van der Waals surface area contributed by atoms with Crippen LogP contribution in [0.4, 0.5) is 0 Å². The first kappa shape index (κ1) is 13.1. The smallest absolute Gasteiger partial charge is 0.0240 e. The molecule has 2 nitrogen and oxygen atoms in total. The molecule has 2 heteroatoms. The van der Waals surface area contributed by atoms with Gasteiger partial charge in [0, 0.05) is 32.2 Å². The molecule has 3 rings (SSSR count). The normalized spacial score (nSPS) is 24.7. The van der Waals surface area contributed by atoms with Gasteiger partial charge in [0.05, 0.1) is 0 Å². The van der Waals surface area contributed by atoms with Crippen LogP contribution in [0.15, 0.2) is 12.1 Å². The summed E-state index contributed by atoms with van der Waals surface area (Å²) in [5.74, 6) is 0.961. The van der Waals surface area contributed by atoms with Gasteiger partial charge in [-0.25, -0.2) is 0 Å². The van der Waals surface area contributed by atoms with Crippen LogP contribution in [0.25, 0.3) is 0 Å². The summed E-state index contributed by atoms with van der Waals surface area (Å²) in [5, 5.41) is 3.69. The molecule has 0 radical (unpaired) electrons. The zero-order valence-corrected chi connectivity index (χ0v) is 12.5. The van der Waals surface area contributed by atoms with E-state index in [-0.39, 0.29) is 0 Å². The van der Waals surface area contributed by atoms with Crippen LogP contribution in [-0.2, 0) is 6.54 Å². The van der Waals surface area contributed by atoms with Crippen molar-refractivity contribution in [2.24, 2.45) is 5.92 Å². The van der Waals surface area contributed by atoms with E-state index in [0.29, 0.717) is 0 Å². The van der Waals surface area contributed by atoms with Crippen molar-refractivity contribution < 1.29 is 0 Å². The van der Waals surface area contributed by atoms with Gasteiger partial charge >= 0.3 is 0 Å². The van der Waals surface area contributed by atoms with Crippen molar-refractivity contribution in [1.29, 1.82) is 0 Å². The summed E-state index contributed by atoms with van der Waals surface area (Å²) in [4.78, 5) is 2.64. The van der Waals surface area contributed by atoms with E-state index in [4.69, 9.17) is 0 Å². The lowest BCUT2D eigenvalue weighted by molar-refractivity contribution is 0.181. The molecule has 1 aromatic rings. The number of hydrogen-bond acceptors (Lipinski definition) is 2. The molecule has 1 aliphatic heterocycles. The molecule has 19 heavy (non-hydrogen) atoms. The van der Waals surface area contributed by atoms with Crippen molar-refractivity contribution in [3.8, 4) is 0 Å². The molecule has 1 atom stereocenters. The summed E-state index contributed by atoms with van der Waals surface area (Å²) in [6.45, 7) is 11.4. The van der Waals surface area contributed by atoms with E-state index in [1.54, 1.807) is 5.56 Å². The summed E-state index contributed by atoms with van der Waals surface area (Å²) in [6.07, 6.45) is 2.88. The van der Waals surface area contributed by atoms with Gasteiger partial charge < -0.3 is 5.32 Å². The van der Waals surface area contributed by atoms with E-state index in [1.165, 1.54) is 42.6 Å². The number of rotatable bonds is 3. The highest BCUT2D eigenvalue weighted by Crippen LogP contribution is 2.34. The number of nitrogens with zero attached hydrogens (tertiary/aromatic N) is 1. The molecule has 104 valence electrons. The van der Waals surface area contributed by atoms with Crippen LogP contribution >= 0.6 is 0 Å². The van der Waals surface area contributed by atoms with E-state index < -0.39 is 0 Å². The Morgan fingerprint density at radius 1 is 1.16 bits per heavy atom. The fourth-order valence-corrected chi connectivity index (χ4v) is 3.48. The van der Waals surface area contributed by atoms with Crippen LogP contribution in [0.3, 0.4) is 0 Å². The van der Waals surface area contributed by atoms with Gasteiger partial charge in [-0.05, 0) is 56.2 Å². The van der Waals surface area contributed by atoms with Crippen molar-refractivity contribution in [1.82, 2.24) is 10.2 Å². The van der Waals surface area contributed by atoms with Crippen LogP contribution in [0.1, 0.15) is 35.1 Å². The molecule has 1 saturated carbocycles. The van der Waals surface area contributed by atoms with Crippen LogP contribution < -0.4 is 5.32 Å². The van der Waals surface area contributed by atoms with Gasteiger partial charge in [-0.1, -0.05) is 17.7 Å². The quantitative estimate of drug-likeness (QED) is 0.897. The van der Waals surface area contributed by atoms with Gasteiger partial charge in [-0.2, -0.15) is 0 Å². The molecular weight excluding hydrogens is 232 g/mol. The lowest BCUT2D eigenvalue weighted by Gasteiger charge is -2.34. The summed E-state index contributed by atoms with van der Waals surface area (Å²) in [5.41, 5.74) is 5.84. The molecular formula is C17H26N2. The molecule has 1 N–H and O–H groups in total. The Bertz CT molecular complexity index is 439. The maximum atomic E-state index is 3.69. The van der Waals surface area contributed by atoms with Crippen molar-refractivity contribution in [3.05, 3.63) is 34.4 Å². The third-order valence-corrected chi connectivity index (χ3v) is 4.70. The average Bonchev–Trinajstić information content (AvgIpc) is 3.18. The maximum Gasteiger partial charge on any atom is 0.0240 e. The largest absolute Gasteiger partial charge is 0.311 e. The highest BCUT2D eigenvalue weighted by atomic mass is 15.2. The van der Waals surface area contributed by atoms with E-state index >= 15 is 0 Å². The first-order chi connectivity index (χ1) is 9.13. The van der Waals surface area contributed by atoms with Crippen molar-refractivity contribution in [3.63, 3.8) is 0 Å². The summed E-state index contributed by atoms with van der Waals surface area (Å²) < 4.78 is 0. The van der Waals surface area contributed by atoms with Gasteiger partial charge in [-0.15, -0.1) is 0 Å². The van der Waals surface area contributed by atoms with Gasteiger partial charge in [-0.3, -0.25) is 4.90 Å². The fraction of sp³-hybridized carbons (Fsp3) is 0.647. The molecule has 1 heterocycles. The van der Waals surface area contributed by atoms with Crippen LogP contribution in [0.5, 0.6) is 0 Å². The third-order valence-electron chi connectivity index (χ3n) is 4.70. The molecule has 1 aliphatic carbocycles. The number of aryl methyl sites for hydroxylation is 3. The zero-order valence-electron chi connectivity index (χ0n) is 12.5. The van der Waals surface area contributed by atoms with Crippen molar-refractivity contribution >= 4 is 0 Å². The Morgan fingerprint density at radius 3 is 2.47 bits per heavy atom. The molecule has 1 saturated heterocycles. The third kappa shape index (κ3) is 3.01. The monoisotopic (exact) mass is 258 g/mol. The van der Waals surface area contributed by atoms with Gasteiger partial charge in [0.25, 0.3) is 0 Å². The summed E-state index contributed by atoms with van der Waals surface area (Å²) in [7, 11) is 0. The number of benzene rings is 1. The minimum Gasteiger partial charge on any atom is -0.311 e. The SMILES string of the molecule is Cc1cc(C)c(CN2CCNC(C3CC3)C2)c(C)c1. The fourth-order valence-electron chi connectivity index (χ4n) is 3.48. The second kappa shape index (κ2) is 5.26. The molecule has 0 spiro atoms. The average molecular weight is 258 g/mol. The topological polar surface area (TPSA) is 15.3 Å². The Kier molecular flexibility index (Phi) is 3.64. The van der Waals surface area contributed by atoms with E-state index in [1.807, 2.05) is 0 Å². The summed E-state index contributed by atoms with van der Waals surface area (Å²) >= 11 is 0. The first-order valence-electron chi connectivity index (χ1n) is 7.66. The van der Waals surface area contributed by atoms with Gasteiger partial charge in [0.1, 0.15) is 0 Å². The maximum absolute atomic E-state index is 3.69. The van der Waals surface area contributed by atoms with Gasteiger partial charge in [0.15, 0.2) is 0 Å². The standard InChI is InChI=1S/C17H26N2/c1-12-8-13(2)16(14(3)9-12)10-19-7-6-18-17(11-19)15-4-5-15/h8-9,15,17-18H,4-7,10-11H2,1-3H3. The van der Waals surface area contributed by atoms with E-state index in [9.17, 15) is 0 Å². The lowest BCUT2D eigenvalue weighted by atomic mass is 9.98. The van der Waals surface area contributed by atoms with Crippen LogP contribution in [0, 0.1) is 26.7 Å². The Balaban J connectivity index is 1.70. The van der Waals surface area contributed by atoms with Crippen LogP contribution in [-0.4, -0.2) is 30.6 Å². The predicted molar refractivity (Wildman–Crippen MR) is 80.4 cm³/mol. The zero-order chi connectivity index (χ0) is 13.4. The molecule has 1 aromatic carbocycles. The number of piperazine rings is 1. The molecule has 0 aromatic heterocycles. The minimum absolute atomic E-state index is 0.750. The molecule has 0 bridgehead atoms. The Labute approximate surface area is 117 Å². The van der Waals surface area contributed by atoms with Crippen molar-refractivity contribution in [2.45, 2.75) is 46.2 Å². The van der Waals surface area contributed by atoms with E-state index in [0.717, 1.165) is 25.0 Å². The second-order valence-electron chi connectivity index (χ2n) is 6.51. The molecule has 1 unspecified atom stereocenters. The summed E-state index contributed by atoms with van der Waals surface area (Å²) in [6, 6.07) is 5.39. The number of nitrogens with one attached hydrogen (secondary N) is 1. The second-order valence-corrected chi connectivity index (χ2v) is 6.51. The highest BCUT2D eigenvalue weighted by Gasteiger charge is 2.33. The van der Waals surface area contributed by atoms with Crippen molar-refractivity contribution in [2.75, 3.05) is 19.6 Å². The lowest BCUT2D eigenvalue weighted by Crippen LogP contribution is -2.51. The molecule has 0 amide bonds. The Hall–Kier alpha value is -0.860. The van der Waals surface area contributed by atoms with E-state index in [2.05, 4.69) is 43.1 Å². The highest BCUT2D eigenvalue weighted by molar-refractivity contribution is 5.37. The molecule has 2 aliphatic rings. The van der Waals surface area contributed by atoms with Gasteiger partial charge in [0.2, 0.25) is 0 Å².